The van der Waals surface area contributed by atoms with E-state index in [4.69, 9.17) is 11.6 Å². The Hall–Kier alpha value is -1.33. The van der Waals surface area contributed by atoms with E-state index in [9.17, 15) is 10.1 Å². The van der Waals surface area contributed by atoms with Crippen molar-refractivity contribution in [3.05, 3.63) is 33.3 Å². The van der Waals surface area contributed by atoms with Gasteiger partial charge in [-0.3, -0.25) is 10.1 Å². The largest absolute Gasteiger partial charge is 0.368 e. The summed E-state index contributed by atoms with van der Waals surface area (Å²) in [5.74, 6) is 0. The van der Waals surface area contributed by atoms with Crippen LogP contribution in [0.5, 0.6) is 0 Å². The van der Waals surface area contributed by atoms with Gasteiger partial charge in [0.15, 0.2) is 0 Å². The van der Waals surface area contributed by atoms with Crippen molar-refractivity contribution < 1.29 is 4.92 Å². The van der Waals surface area contributed by atoms with Gasteiger partial charge in [0.1, 0.15) is 10.7 Å². The van der Waals surface area contributed by atoms with Crippen LogP contribution in [0.2, 0.25) is 5.02 Å². The lowest BCUT2D eigenvalue weighted by molar-refractivity contribution is -0.384. The number of nitro benzene ring substituents is 1. The number of hydrogen-bond acceptors (Lipinski definition) is 4. The summed E-state index contributed by atoms with van der Waals surface area (Å²) in [5, 5.41) is 14.1. The summed E-state index contributed by atoms with van der Waals surface area (Å²) in [4.78, 5) is 12.3. The Labute approximate surface area is 99.2 Å². The van der Waals surface area contributed by atoms with Crippen LogP contribution in [0.1, 0.15) is 0 Å². The number of likely N-dealkylation sites (N-methyl/N-ethyl adjacent to an activating group) is 2. The van der Waals surface area contributed by atoms with Crippen molar-refractivity contribution in [1.82, 2.24) is 5.32 Å². The second kappa shape index (κ2) is 5.67. The molecule has 1 rings (SSSR count). The quantitative estimate of drug-likeness (QED) is 0.634. The second-order valence-corrected chi connectivity index (χ2v) is 3.80. The van der Waals surface area contributed by atoms with Crippen LogP contribution in [0, 0.1) is 10.1 Å². The first kappa shape index (κ1) is 12.7. The fourth-order valence-corrected chi connectivity index (χ4v) is 1.63. The highest BCUT2D eigenvalue weighted by molar-refractivity contribution is 6.33. The number of nitrogens with zero attached hydrogens (tertiary/aromatic N) is 2. The number of benzene rings is 1. The van der Waals surface area contributed by atoms with Crippen molar-refractivity contribution in [2.45, 2.75) is 0 Å². The zero-order valence-corrected chi connectivity index (χ0v) is 9.99. The van der Waals surface area contributed by atoms with Crippen molar-refractivity contribution in [3.8, 4) is 0 Å². The summed E-state index contributed by atoms with van der Waals surface area (Å²) in [5.41, 5.74) is 0.496. The number of nitrogens with one attached hydrogen (secondary N) is 1. The van der Waals surface area contributed by atoms with Crippen LogP contribution in [0.3, 0.4) is 0 Å². The fourth-order valence-electron chi connectivity index (χ4n) is 1.39. The van der Waals surface area contributed by atoms with Crippen molar-refractivity contribution in [3.63, 3.8) is 0 Å². The van der Waals surface area contributed by atoms with Crippen LogP contribution in [-0.4, -0.2) is 32.1 Å². The Bertz CT molecular complexity index is 384. The third-order valence-corrected chi connectivity index (χ3v) is 2.56. The van der Waals surface area contributed by atoms with E-state index < -0.39 is 4.92 Å². The van der Waals surface area contributed by atoms with Gasteiger partial charge in [-0.2, -0.15) is 0 Å². The summed E-state index contributed by atoms with van der Waals surface area (Å²) in [6.45, 7) is 1.43. The van der Waals surface area contributed by atoms with Crippen LogP contribution in [0.25, 0.3) is 0 Å². The molecule has 1 aromatic rings. The molecule has 1 aromatic carbocycles. The molecule has 6 heteroatoms. The van der Waals surface area contributed by atoms with Crippen LogP contribution in [0.4, 0.5) is 11.4 Å². The molecule has 0 amide bonds. The van der Waals surface area contributed by atoms with Crippen LogP contribution < -0.4 is 10.2 Å². The molecule has 0 radical (unpaired) electrons. The monoisotopic (exact) mass is 243 g/mol. The Balaban J connectivity index is 3.02. The van der Waals surface area contributed by atoms with Gasteiger partial charge >= 0.3 is 5.69 Å². The van der Waals surface area contributed by atoms with Gasteiger partial charge in [0.2, 0.25) is 0 Å². The zero-order chi connectivity index (χ0) is 12.1. The van der Waals surface area contributed by atoms with E-state index in [0.717, 1.165) is 6.54 Å². The highest BCUT2D eigenvalue weighted by atomic mass is 35.5. The molecule has 16 heavy (non-hydrogen) atoms. The summed E-state index contributed by atoms with van der Waals surface area (Å²) in [6, 6.07) is 4.93. The van der Waals surface area contributed by atoms with E-state index >= 15 is 0 Å². The highest BCUT2D eigenvalue weighted by Gasteiger charge is 2.20. The smallest absolute Gasteiger partial charge is 0.310 e. The lowest BCUT2D eigenvalue weighted by Crippen LogP contribution is -2.27. The summed E-state index contributed by atoms with van der Waals surface area (Å²) in [7, 11) is 3.64. The first-order chi connectivity index (χ1) is 7.57. The molecule has 0 unspecified atom stereocenters. The van der Waals surface area contributed by atoms with E-state index in [0.29, 0.717) is 12.2 Å². The Morgan fingerprint density at radius 3 is 2.81 bits per heavy atom. The normalized spacial score (nSPS) is 10.2. The first-order valence-electron chi connectivity index (χ1n) is 4.86. The number of hydrogen-bond donors (Lipinski definition) is 1. The molecule has 0 aromatic heterocycles. The lowest BCUT2D eigenvalue weighted by atomic mass is 10.2. The van der Waals surface area contributed by atoms with E-state index in [-0.39, 0.29) is 10.7 Å². The summed E-state index contributed by atoms with van der Waals surface area (Å²) < 4.78 is 0. The summed E-state index contributed by atoms with van der Waals surface area (Å²) >= 11 is 5.82. The van der Waals surface area contributed by atoms with E-state index in [2.05, 4.69) is 5.32 Å². The van der Waals surface area contributed by atoms with Gasteiger partial charge in [-0.05, 0) is 19.2 Å². The van der Waals surface area contributed by atoms with Gasteiger partial charge < -0.3 is 10.2 Å². The molecular weight excluding hydrogens is 230 g/mol. The Morgan fingerprint density at radius 2 is 2.25 bits per heavy atom. The van der Waals surface area contributed by atoms with Crippen molar-refractivity contribution in [1.29, 1.82) is 0 Å². The first-order valence-corrected chi connectivity index (χ1v) is 5.24. The van der Waals surface area contributed by atoms with Crippen molar-refractivity contribution in [2.24, 2.45) is 0 Å². The number of nitro groups is 1. The maximum atomic E-state index is 10.9. The average Bonchev–Trinajstić information content (AvgIpc) is 2.24. The standard InChI is InChI=1S/C10H14ClN3O2/c1-12-6-7-13(2)9-5-3-4-8(11)10(9)14(15)16/h3-5,12H,6-7H2,1-2H3. The molecule has 0 saturated heterocycles. The van der Waals surface area contributed by atoms with E-state index in [1.54, 1.807) is 24.1 Å². The topological polar surface area (TPSA) is 58.4 Å². The molecular formula is C10H14ClN3O2. The molecule has 0 saturated carbocycles. The molecule has 5 nitrogen and oxygen atoms in total. The van der Waals surface area contributed by atoms with Gasteiger partial charge in [-0.15, -0.1) is 0 Å². The molecule has 0 atom stereocenters. The predicted molar refractivity (Wildman–Crippen MR) is 65.3 cm³/mol. The number of para-hydroxylation sites is 1. The Kier molecular flexibility index (Phi) is 4.52. The van der Waals surface area contributed by atoms with Gasteiger partial charge in [-0.25, -0.2) is 0 Å². The third-order valence-electron chi connectivity index (χ3n) is 2.26. The van der Waals surface area contributed by atoms with Crippen molar-refractivity contribution >= 4 is 23.0 Å². The Morgan fingerprint density at radius 1 is 1.56 bits per heavy atom. The number of rotatable bonds is 5. The van der Waals surface area contributed by atoms with Crippen LogP contribution in [-0.2, 0) is 0 Å². The molecule has 1 N–H and O–H groups in total. The number of anilines is 1. The molecule has 0 bridgehead atoms. The number of halogens is 1. The fraction of sp³-hybridized carbons (Fsp3) is 0.400. The summed E-state index contributed by atoms with van der Waals surface area (Å²) in [6.07, 6.45) is 0. The minimum Gasteiger partial charge on any atom is -0.368 e. The van der Waals surface area contributed by atoms with Crippen LogP contribution in [0.15, 0.2) is 18.2 Å². The highest BCUT2D eigenvalue weighted by Crippen LogP contribution is 2.34. The van der Waals surface area contributed by atoms with E-state index in [1.165, 1.54) is 6.07 Å². The van der Waals surface area contributed by atoms with Crippen molar-refractivity contribution in [2.75, 3.05) is 32.1 Å². The van der Waals surface area contributed by atoms with Gasteiger partial charge in [-0.1, -0.05) is 17.7 Å². The van der Waals surface area contributed by atoms with Gasteiger partial charge in [0.05, 0.1) is 4.92 Å². The lowest BCUT2D eigenvalue weighted by Gasteiger charge is -2.19. The third kappa shape index (κ3) is 2.84. The molecule has 0 spiro atoms. The van der Waals surface area contributed by atoms with Gasteiger partial charge in [0, 0.05) is 20.1 Å². The molecule has 0 aliphatic heterocycles. The molecule has 0 fully saturated rings. The zero-order valence-electron chi connectivity index (χ0n) is 9.24. The SMILES string of the molecule is CNCCN(C)c1cccc(Cl)c1[N+](=O)[O-]. The van der Waals surface area contributed by atoms with E-state index in [1.807, 2.05) is 7.05 Å². The molecule has 0 heterocycles. The van der Waals surface area contributed by atoms with Gasteiger partial charge in [0.25, 0.3) is 0 Å². The average molecular weight is 244 g/mol. The minimum atomic E-state index is -0.451. The second-order valence-electron chi connectivity index (χ2n) is 3.39. The maximum absolute atomic E-state index is 10.9. The van der Waals surface area contributed by atoms with Crippen LogP contribution >= 0.6 is 11.6 Å². The predicted octanol–water partition coefficient (Wildman–Crippen LogP) is 1.90. The molecule has 0 aliphatic rings. The molecule has 88 valence electrons. The maximum Gasteiger partial charge on any atom is 0.310 e. The molecule has 0 aliphatic carbocycles. The minimum absolute atomic E-state index is 0.0391.